The van der Waals surface area contributed by atoms with Gasteiger partial charge in [0.15, 0.2) is 0 Å². The van der Waals surface area contributed by atoms with Crippen LogP contribution in [0.15, 0.2) is 5.10 Å². The molecule has 0 aromatic heterocycles. The Labute approximate surface area is 72.6 Å². The first-order chi connectivity index (χ1) is 5.72. The molecule has 0 radical (unpaired) electrons. The SMILES string of the molecule is NN=C1CC2CCCC(O)(C1)C2. The molecule has 0 spiro atoms. The van der Waals surface area contributed by atoms with Crippen molar-refractivity contribution in [3.8, 4) is 0 Å². The molecule has 0 aromatic carbocycles. The molecule has 3 nitrogen and oxygen atoms in total. The number of hydrazone groups is 1. The lowest BCUT2D eigenvalue weighted by atomic mass is 9.68. The third kappa shape index (κ3) is 1.33. The highest BCUT2D eigenvalue weighted by Crippen LogP contribution is 2.41. The van der Waals surface area contributed by atoms with E-state index in [0.29, 0.717) is 12.3 Å². The van der Waals surface area contributed by atoms with Gasteiger partial charge in [-0.15, -0.1) is 0 Å². The van der Waals surface area contributed by atoms with E-state index >= 15 is 0 Å². The van der Waals surface area contributed by atoms with Crippen molar-refractivity contribution in [3.05, 3.63) is 0 Å². The lowest BCUT2D eigenvalue weighted by molar-refractivity contribution is -0.0180. The first-order valence-corrected chi connectivity index (χ1v) is 4.70. The van der Waals surface area contributed by atoms with Crippen LogP contribution >= 0.6 is 0 Å². The van der Waals surface area contributed by atoms with Crippen molar-refractivity contribution < 1.29 is 5.11 Å². The molecule has 2 fully saturated rings. The maximum absolute atomic E-state index is 10.1. The highest BCUT2D eigenvalue weighted by molar-refractivity contribution is 5.86. The molecule has 0 amide bonds. The largest absolute Gasteiger partial charge is 0.389 e. The molecule has 0 aromatic rings. The quantitative estimate of drug-likeness (QED) is 0.419. The van der Waals surface area contributed by atoms with Crippen molar-refractivity contribution in [1.29, 1.82) is 0 Å². The van der Waals surface area contributed by atoms with Gasteiger partial charge in [0.25, 0.3) is 0 Å². The summed E-state index contributed by atoms with van der Waals surface area (Å²) in [4.78, 5) is 0. The van der Waals surface area contributed by atoms with E-state index in [0.717, 1.165) is 25.0 Å². The number of rotatable bonds is 0. The van der Waals surface area contributed by atoms with E-state index in [1.165, 1.54) is 12.8 Å². The summed E-state index contributed by atoms with van der Waals surface area (Å²) < 4.78 is 0. The lowest BCUT2D eigenvalue weighted by Crippen LogP contribution is -2.42. The molecule has 0 saturated heterocycles. The van der Waals surface area contributed by atoms with Crippen LogP contribution in [0.1, 0.15) is 38.5 Å². The summed E-state index contributed by atoms with van der Waals surface area (Å²) in [6, 6.07) is 0. The maximum atomic E-state index is 10.1. The Balaban J connectivity index is 2.15. The van der Waals surface area contributed by atoms with E-state index in [1.807, 2.05) is 0 Å². The highest BCUT2D eigenvalue weighted by atomic mass is 16.3. The van der Waals surface area contributed by atoms with E-state index in [9.17, 15) is 5.11 Å². The van der Waals surface area contributed by atoms with Crippen molar-refractivity contribution >= 4 is 5.71 Å². The summed E-state index contributed by atoms with van der Waals surface area (Å²) in [6.07, 6.45) is 6.02. The van der Waals surface area contributed by atoms with Crippen LogP contribution in [-0.4, -0.2) is 16.4 Å². The second-order valence-electron chi connectivity index (χ2n) is 4.26. The molecule has 2 aliphatic rings. The second kappa shape index (κ2) is 2.73. The van der Waals surface area contributed by atoms with Gasteiger partial charge in [-0.05, 0) is 31.6 Å². The first-order valence-electron chi connectivity index (χ1n) is 4.70. The van der Waals surface area contributed by atoms with E-state index in [2.05, 4.69) is 5.10 Å². The Bertz CT molecular complexity index is 215. The summed E-state index contributed by atoms with van der Waals surface area (Å²) in [5, 5.41) is 13.8. The smallest absolute Gasteiger partial charge is 0.0703 e. The maximum Gasteiger partial charge on any atom is 0.0703 e. The van der Waals surface area contributed by atoms with Gasteiger partial charge in [-0.2, -0.15) is 5.10 Å². The Morgan fingerprint density at radius 3 is 3.08 bits per heavy atom. The van der Waals surface area contributed by atoms with Gasteiger partial charge in [0.05, 0.1) is 5.60 Å². The Kier molecular flexibility index (Phi) is 1.83. The van der Waals surface area contributed by atoms with Gasteiger partial charge >= 0.3 is 0 Å². The van der Waals surface area contributed by atoms with Gasteiger partial charge < -0.3 is 10.9 Å². The van der Waals surface area contributed by atoms with Crippen LogP contribution in [0.2, 0.25) is 0 Å². The molecular formula is C9H16N2O. The predicted octanol–water partition coefficient (Wildman–Crippen LogP) is 1.02. The summed E-state index contributed by atoms with van der Waals surface area (Å²) in [5.41, 5.74) is 0.549. The molecule has 2 atom stereocenters. The van der Waals surface area contributed by atoms with Crippen LogP contribution in [0.4, 0.5) is 0 Å². The van der Waals surface area contributed by atoms with E-state index in [-0.39, 0.29) is 0 Å². The molecule has 3 N–H and O–H groups in total. The minimum atomic E-state index is -0.459. The Morgan fingerprint density at radius 2 is 2.42 bits per heavy atom. The number of nitrogens with zero attached hydrogens (tertiary/aromatic N) is 1. The first kappa shape index (κ1) is 8.05. The van der Waals surface area contributed by atoms with Gasteiger partial charge in [0, 0.05) is 12.1 Å². The van der Waals surface area contributed by atoms with Gasteiger partial charge in [-0.3, -0.25) is 0 Å². The van der Waals surface area contributed by atoms with Gasteiger partial charge in [-0.25, -0.2) is 0 Å². The zero-order valence-electron chi connectivity index (χ0n) is 7.29. The average Bonchev–Trinajstić information content (AvgIpc) is 2.02. The lowest BCUT2D eigenvalue weighted by Gasteiger charge is -2.41. The monoisotopic (exact) mass is 168 g/mol. The minimum absolute atomic E-state index is 0.459. The molecule has 68 valence electrons. The van der Waals surface area contributed by atoms with Crippen molar-refractivity contribution in [2.24, 2.45) is 16.9 Å². The molecule has 12 heavy (non-hydrogen) atoms. The zero-order chi connectivity index (χ0) is 8.60. The van der Waals surface area contributed by atoms with Crippen molar-refractivity contribution in [2.45, 2.75) is 44.1 Å². The minimum Gasteiger partial charge on any atom is -0.389 e. The fourth-order valence-electron chi connectivity index (χ4n) is 2.68. The summed E-state index contributed by atoms with van der Waals surface area (Å²) in [5.74, 6) is 5.88. The normalized spacial score (nSPS) is 44.8. The van der Waals surface area contributed by atoms with Crippen LogP contribution in [0.25, 0.3) is 0 Å². The number of fused-ring (bicyclic) bond motifs is 2. The van der Waals surface area contributed by atoms with Crippen molar-refractivity contribution in [2.75, 3.05) is 0 Å². The molecule has 0 aliphatic heterocycles. The molecule has 2 unspecified atom stereocenters. The fraction of sp³-hybridized carbons (Fsp3) is 0.889. The molecule has 2 bridgehead atoms. The number of hydrogen-bond acceptors (Lipinski definition) is 3. The van der Waals surface area contributed by atoms with Crippen molar-refractivity contribution in [1.82, 2.24) is 0 Å². The molecule has 2 rings (SSSR count). The van der Waals surface area contributed by atoms with Crippen LogP contribution in [0, 0.1) is 5.92 Å². The molecular weight excluding hydrogens is 152 g/mol. The number of aliphatic hydroxyl groups is 1. The van der Waals surface area contributed by atoms with E-state index in [1.54, 1.807) is 0 Å². The summed E-state index contributed by atoms with van der Waals surface area (Å²) in [7, 11) is 0. The molecule has 0 heterocycles. The van der Waals surface area contributed by atoms with E-state index < -0.39 is 5.60 Å². The summed E-state index contributed by atoms with van der Waals surface area (Å²) in [6.45, 7) is 0. The average molecular weight is 168 g/mol. The van der Waals surface area contributed by atoms with Crippen LogP contribution in [0.3, 0.4) is 0 Å². The second-order valence-corrected chi connectivity index (χ2v) is 4.26. The van der Waals surface area contributed by atoms with Gasteiger partial charge in [0.2, 0.25) is 0 Å². The third-order valence-corrected chi connectivity index (χ3v) is 3.16. The predicted molar refractivity (Wildman–Crippen MR) is 47.8 cm³/mol. The molecule has 2 saturated carbocycles. The Hall–Kier alpha value is -0.570. The molecule has 3 heteroatoms. The Morgan fingerprint density at radius 1 is 1.58 bits per heavy atom. The third-order valence-electron chi connectivity index (χ3n) is 3.16. The number of nitrogens with two attached hydrogens (primary N) is 1. The van der Waals surface area contributed by atoms with E-state index in [4.69, 9.17) is 5.84 Å². The number of hydrogen-bond donors (Lipinski definition) is 2. The van der Waals surface area contributed by atoms with Gasteiger partial charge in [-0.1, -0.05) is 6.42 Å². The van der Waals surface area contributed by atoms with Crippen molar-refractivity contribution in [3.63, 3.8) is 0 Å². The van der Waals surface area contributed by atoms with Gasteiger partial charge in [0.1, 0.15) is 0 Å². The standard InChI is InChI=1S/C9H16N2O/c10-11-8-4-7-2-1-3-9(12,5-7)6-8/h7,12H,1-6,10H2. The highest BCUT2D eigenvalue weighted by Gasteiger charge is 2.39. The molecule has 2 aliphatic carbocycles. The van der Waals surface area contributed by atoms with Crippen LogP contribution in [0.5, 0.6) is 0 Å². The van der Waals surface area contributed by atoms with Crippen LogP contribution < -0.4 is 5.84 Å². The van der Waals surface area contributed by atoms with Crippen LogP contribution in [-0.2, 0) is 0 Å². The zero-order valence-corrected chi connectivity index (χ0v) is 7.29. The fourth-order valence-corrected chi connectivity index (χ4v) is 2.68. The summed E-state index contributed by atoms with van der Waals surface area (Å²) >= 11 is 0. The topological polar surface area (TPSA) is 58.6 Å².